The predicted molar refractivity (Wildman–Crippen MR) is 93.8 cm³/mol. The van der Waals surface area contributed by atoms with E-state index in [0.717, 1.165) is 49.8 Å². The van der Waals surface area contributed by atoms with Crippen molar-refractivity contribution < 1.29 is 4.21 Å². The topological polar surface area (TPSA) is 84.2 Å². The van der Waals surface area contributed by atoms with Gasteiger partial charge in [-0.25, -0.2) is 0 Å². The highest BCUT2D eigenvalue weighted by atomic mass is 32.2. The minimum atomic E-state index is -0.705. The van der Waals surface area contributed by atoms with E-state index in [1.807, 2.05) is 11.5 Å². The highest BCUT2D eigenvalue weighted by molar-refractivity contribution is 7.85. The summed E-state index contributed by atoms with van der Waals surface area (Å²) in [6, 6.07) is 0.333. The third kappa shape index (κ3) is 5.02. The Bertz CT molecular complexity index is 544. The van der Waals surface area contributed by atoms with Crippen molar-refractivity contribution in [2.24, 2.45) is 4.99 Å². The van der Waals surface area contributed by atoms with E-state index in [1.54, 1.807) is 13.4 Å². The summed E-state index contributed by atoms with van der Waals surface area (Å²) < 4.78 is 14.0. The van der Waals surface area contributed by atoms with Gasteiger partial charge in [-0.2, -0.15) is 0 Å². The van der Waals surface area contributed by atoms with Gasteiger partial charge in [0.1, 0.15) is 6.33 Å². The van der Waals surface area contributed by atoms with Crippen molar-refractivity contribution >= 4 is 16.8 Å². The van der Waals surface area contributed by atoms with E-state index < -0.39 is 10.8 Å². The highest BCUT2D eigenvalue weighted by Gasteiger charge is 2.26. The van der Waals surface area contributed by atoms with Gasteiger partial charge in [-0.05, 0) is 26.2 Å². The van der Waals surface area contributed by atoms with Gasteiger partial charge in [-0.1, -0.05) is 13.3 Å². The number of nitrogens with zero attached hydrogens (tertiary/aromatic N) is 4. The predicted octanol–water partition coefficient (Wildman–Crippen LogP) is 1.04. The van der Waals surface area contributed by atoms with Crippen molar-refractivity contribution in [1.29, 1.82) is 0 Å². The molecule has 23 heavy (non-hydrogen) atoms. The maximum atomic E-state index is 12.0. The Labute approximate surface area is 140 Å². The fourth-order valence-electron chi connectivity index (χ4n) is 2.98. The minimum absolute atomic E-state index is 0.313. The number of rotatable bonds is 6. The Balaban J connectivity index is 1.86. The number of aromatic nitrogens is 3. The molecule has 0 bridgehead atoms. The first-order valence-corrected chi connectivity index (χ1v) is 9.77. The van der Waals surface area contributed by atoms with Crippen molar-refractivity contribution in [3.8, 4) is 0 Å². The Morgan fingerprint density at radius 1 is 1.48 bits per heavy atom. The van der Waals surface area contributed by atoms with E-state index in [0.29, 0.717) is 17.8 Å². The zero-order valence-electron chi connectivity index (χ0n) is 14.3. The lowest BCUT2D eigenvalue weighted by molar-refractivity contribution is 0.413. The summed E-state index contributed by atoms with van der Waals surface area (Å²) in [5, 5.41) is 15.1. The maximum Gasteiger partial charge on any atom is 0.191 e. The molecule has 1 aliphatic carbocycles. The van der Waals surface area contributed by atoms with Gasteiger partial charge in [-0.3, -0.25) is 9.20 Å². The summed E-state index contributed by atoms with van der Waals surface area (Å²) >= 11 is 0. The molecule has 3 unspecified atom stereocenters. The van der Waals surface area contributed by atoms with Gasteiger partial charge in [-0.15, -0.1) is 10.2 Å². The first-order chi connectivity index (χ1) is 11.2. The van der Waals surface area contributed by atoms with Crippen LogP contribution in [0.2, 0.25) is 0 Å². The molecule has 1 heterocycles. The van der Waals surface area contributed by atoms with Crippen LogP contribution in [0, 0.1) is 0 Å². The van der Waals surface area contributed by atoms with E-state index in [-0.39, 0.29) is 0 Å². The van der Waals surface area contributed by atoms with Crippen LogP contribution in [0.25, 0.3) is 0 Å². The molecule has 1 aromatic heterocycles. The largest absolute Gasteiger partial charge is 0.354 e. The van der Waals surface area contributed by atoms with Crippen molar-refractivity contribution in [3.05, 3.63) is 12.2 Å². The quantitative estimate of drug-likeness (QED) is 0.597. The van der Waals surface area contributed by atoms with Gasteiger partial charge in [0, 0.05) is 41.4 Å². The smallest absolute Gasteiger partial charge is 0.191 e. The fraction of sp³-hybridized carbons (Fsp3) is 0.800. The average Bonchev–Trinajstić information content (AvgIpc) is 3.05. The number of aryl methyl sites for hydroxylation is 1. The molecule has 3 atom stereocenters. The van der Waals surface area contributed by atoms with Gasteiger partial charge < -0.3 is 15.2 Å². The van der Waals surface area contributed by atoms with Crippen LogP contribution in [0.5, 0.6) is 0 Å². The molecule has 0 aromatic carbocycles. The summed E-state index contributed by atoms with van der Waals surface area (Å²) in [7, 11) is 1.06. The van der Waals surface area contributed by atoms with Crippen LogP contribution in [0.1, 0.15) is 45.4 Å². The summed E-state index contributed by atoms with van der Waals surface area (Å²) in [6.45, 7) is 5.50. The lowest BCUT2D eigenvalue weighted by Gasteiger charge is -2.30. The maximum absolute atomic E-state index is 12.0. The van der Waals surface area contributed by atoms with Crippen molar-refractivity contribution in [1.82, 2.24) is 25.4 Å². The molecular formula is C15H28N6OS. The fourth-order valence-corrected chi connectivity index (χ4v) is 4.33. The second-order valence-corrected chi connectivity index (χ2v) is 7.76. The minimum Gasteiger partial charge on any atom is -0.354 e. The molecule has 1 aliphatic rings. The summed E-state index contributed by atoms with van der Waals surface area (Å²) in [5.41, 5.74) is 0. The Morgan fingerprint density at radius 3 is 3.00 bits per heavy atom. The molecule has 0 saturated heterocycles. The molecule has 1 fully saturated rings. The third-order valence-corrected chi connectivity index (χ3v) is 6.04. The number of nitrogens with one attached hydrogen (secondary N) is 2. The van der Waals surface area contributed by atoms with Crippen LogP contribution in [0.3, 0.4) is 0 Å². The van der Waals surface area contributed by atoms with Crippen LogP contribution in [-0.2, 0) is 23.9 Å². The van der Waals surface area contributed by atoms with Gasteiger partial charge >= 0.3 is 0 Å². The van der Waals surface area contributed by atoms with Crippen molar-refractivity contribution in [2.45, 2.75) is 63.9 Å². The number of hydrogen-bond acceptors (Lipinski definition) is 4. The zero-order chi connectivity index (χ0) is 16.7. The molecular weight excluding hydrogens is 312 g/mol. The summed E-state index contributed by atoms with van der Waals surface area (Å²) in [6.07, 6.45) is 5.98. The standard InChI is InChI=1S/C15H28N6OS/c1-4-21-11-18-20-14(21)10-17-15(16-3)19-12-7-6-8-13(9-12)23(22)5-2/h11-13H,4-10H2,1-3H3,(H2,16,17,19). The summed E-state index contributed by atoms with van der Waals surface area (Å²) in [5.74, 6) is 2.41. The molecule has 0 radical (unpaired) electrons. The van der Waals surface area contributed by atoms with Crippen molar-refractivity contribution in [3.63, 3.8) is 0 Å². The number of hydrogen-bond donors (Lipinski definition) is 2. The van der Waals surface area contributed by atoms with E-state index in [9.17, 15) is 4.21 Å². The Hall–Kier alpha value is -1.44. The normalized spacial score (nSPS) is 23.5. The molecule has 0 spiro atoms. The van der Waals surface area contributed by atoms with E-state index in [2.05, 4.69) is 32.7 Å². The van der Waals surface area contributed by atoms with Crippen LogP contribution in [0.15, 0.2) is 11.3 Å². The first-order valence-electron chi connectivity index (χ1n) is 8.38. The molecule has 0 amide bonds. The SMILES string of the molecule is CCn1cnnc1CNC(=NC)NC1CCCC(S(=O)CC)C1. The molecule has 130 valence electrons. The molecule has 1 saturated carbocycles. The Morgan fingerprint density at radius 2 is 2.30 bits per heavy atom. The summed E-state index contributed by atoms with van der Waals surface area (Å²) in [4.78, 5) is 4.29. The van der Waals surface area contributed by atoms with Gasteiger partial charge in [0.05, 0.1) is 6.54 Å². The van der Waals surface area contributed by atoms with Crippen LogP contribution in [-0.4, -0.2) is 49.0 Å². The van der Waals surface area contributed by atoms with E-state index >= 15 is 0 Å². The highest BCUT2D eigenvalue weighted by Crippen LogP contribution is 2.22. The molecule has 0 aliphatic heterocycles. The second kappa shape index (κ2) is 9.00. The number of aliphatic imine (C=N–C) groups is 1. The van der Waals surface area contributed by atoms with Gasteiger partial charge in [0.25, 0.3) is 0 Å². The average molecular weight is 340 g/mol. The monoisotopic (exact) mass is 340 g/mol. The van der Waals surface area contributed by atoms with Gasteiger partial charge in [0.2, 0.25) is 0 Å². The molecule has 2 rings (SSSR count). The Kier molecular flexibility index (Phi) is 7.01. The molecule has 7 nitrogen and oxygen atoms in total. The second-order valence-electron chi connectivity index (χ2n) is 5.76. The van der Waals surface area contributed by atoms with E-state index in [4.69, 9.17) is 0 Å². The first kappa shape index (κ1) is 17.9. The van der Waals surface area contributed by atoms with Crippen LogP contribution >= 0.6 is 0 Å². The molecule has 2 N–H and O–H groups in total. The van der Waals surface area contributed by atoms with Crippen LogP contribution in [0.4, 0.5) is 0 Å². The van der Waals surface area contributed by atoms with E-state index in [1.165, 1.54) is 0 Å². The van der Waals surface area contributed by atoms with Crippen LogP contribution < -0.4 is 10.6 Å². The lowest BCUT2D eigenvalue weighted by Crippen LogP contribution is -2.46. The van der Waals surface area contributed by atoms with Crippen molar-refractivity contribution in [2.75, 3.05) is 12.8 Å². The molecule has 1 aromatic rings. The molecule has 8 heteroatoms. The van der Waals surface area contributed by atoms with Gasteiger partial charge in [0.15, 0.2) is 11.8 Å². The third-order valence-electron chi connectivity index (χ3n) is 4.30. The zero-order valence-corrected chi connectivity index (χ0v) is 15.1. The number of guanidine groups is 1. The lowest BCUT2D eigenvalue weighted by atomic mass is 9.95.